The fourth-order valence-corrected chi connectivity index (χ4v) is 1.47. The van der Waals surface area contributed by atoms with E-state index in [1.54, 1.807) is 12.1 Å². The molecule has 0 aliphatic heterocycles. The molecule has 0 saturated heterocycles. The quantitative estimate of drug-likeness (QED) is 0.888. The Morgan fingerprint density at radius 3 is 2.72 bits per heavy atom. The molecule has 6 nitrogen and oxygen atoms in total. The highest BCUT2D eigenvalue weighted by molar-refractivity contribution is 6.03. The van der Waals surface area contributed by atoms with Crippen LogP contribution in [-0.4, -0.2) is 26.1 Å². The summed E-state index contributed by atoms with van der Waals surface area (Å²) in [6, 6.07) is 7.30. The van der Waals surface area contributed by atoms with E-state index in [2.05, 4.69) is 20.7 Å². The van der Waals surface area contributed by atoms with Crippen LogP contribution in [0.2, 0.25) is 0 Å². The lowest BCUT2D eigenvalue weighted by atomic mass is 10.1. The number of amides is 1. The van der Waals surface area contributed by atoms with Crippen LogP contribution in [0, 0.1) is 6.92 Å². The first kappa shape index (κ1) is 12.2. The van der Waals surface area contributed by atoms with Gasteiger partial charge in [-0.1, -0.05) is 29.7 Å². The summed E-state index contributed by atoms with van der Waals surface area (Å²) in [7, 11) is 0. The maximum atomic E-state index is 11.9. The van der Waals surface area contributed by atoms with Crippen molar-refractivity contribution in [3.8, 4) is 0 Å². The number of anilines is 1. The molecule has 0 aliphatic carbocycles. The lowest BCUT2D eigenvalue weighted by Crippen LogP contribution is -2.13. The maximum absolute atomic E-state index is 11.9. The number of carbonyl (C=O) groups is 1. The van der Waals surface area contributed by atoms with Crippen LogP contribution in [0.4, 0.5) is 5.95 Å². The van der Waals surface area contributed by atoms with Crippen molar-refractivity contribution in [2.24, 2.45) is 0 Å². The monoisotopic (exact) mass is 245 g/mol. The molecule has 1 aromatic heterocycles. The summed E-state index contributed by atoms with van der Waals surface area (Å²) in [5.74, 6) is 0.0000680. The minimum Gasteiger partial charge on any atom is -0.288 e. The molecular formula is C12H15N5O. The Morgan fingerprint density at radius 2 is 2.06 bits per heavy atom. The number of nitrogens with one attached hydrogen (secondary N) is 1. The zero-order chi connectivity index (χ0) is 13.0. The molecule has 0 radical (unpaired) electrons. The second kappa shape index (κ2) is 5.39. The van der Waals surface area contributed by atoms with Crippen molar-refractivity contribution >= 4 is 11.9 Å². The van der Waals surface area contributed by atoms with Crippen LogP contribution >= 0.6 is 0 Å². The fraction of sp³-hybridized carbons (Fsp3) is 0.333. The van der Waals surface area contributed by atoms with E-state index < -0.39 is 0 Å². The first-order valence-corrected chi connectivity index (χ1v) is 5.85. The molecular weight excluding hydrogens is 230 g/mol. The van der Waals surface area contributed by atoms with Crippen molar-refractivity contribution in [2.45, 2.75) is 26.8 Å². The van der Waals surface area contributed by atoms with Gasteiger partial charge in [0.25, 0.3) is 11.9 Å². The van der Waals surface area contributed by atoms with E-state index in [4.69, 9.17) is 0 Å². The van der Waals surface area contributed by atoms with Gasteiger partial charge in [-0.2, -0.15) is 4.80 Å². The first-order valence-electron chi connectivity index (χ1n) is 5.85. The Bertz CT molecular complexity index is 532. The average Bonchev–Trinajstić information content (AvgIpc) is 2.78. The highest BCUT2D eigenvalue weighted by Crippen LogP contribution is 2.05. The Kier molecular flexibility index (Phi) is 3.66. The fourth-order valence-electron chi connectivity index (χ4n) is 1.47. The van der Waals surface area contributed by atoms with Gasteiger partial charge in [0, 0.05) is 5.56 Å². The van der Waals surface area contributed by atoms with Gasteiger partial charge in [-0.25, -0.2) is 0 Å². The van der Waals surface area contributed by atoms with Crippen LogP contribution < -0.4 is 5.32 Å². The van der Waals surface area contributed by atoms with Gasteiger partial charge in [-0.05, 0) is 30.7 Å². The van der Waals surface area contributed by atoms with Crippen molar-refractivity contribution in [1.82, 2.24) is 20.2 Å². The van der Waals surface area contributed by atoms with Crippen LogP contribution in [0.15, 0.2) is 24.3 Å². The molecule has 0 aliphatic rings. The van der Waals surface area contributed by atoms with Gasteiger partial charge < -0.3 is 0 Å². The molecule has 6 heteroatoms. The molecule has 0 fully saturated rings. The average molecular weight is 245 g/mol. The van der Waals surface area contributed by atoms with Crippen molar-refractivity contribution < 1.29 is 4.79 Å². The Balaban J connectivity index is 2.04. The van der Waals surface area contributed by atoms with Crippen LogP contribution in [0.1, 0.15) is 29.3 Å². The number of benzene rings is 1. The summed E-state index contributed by atoms with van der Waals surface area (Å²) in [4.78, 5) is 13.3. The van der Waals surface area contributed by atoms with Gasteiger partial charge in [0.15, 0.2) is 0 Å². The van der Waals surface area contributed by atoms with Crippen LogP contribution in [0.25, 0.3) is 0 Å². The Morgan fingerprint density at radius 1 is 1.33 bits per heavy atom. The third-order valence-electron chi connectivity index (χ3n) is 2.42. The molecule has 1 amide bonds. The van der Waals surface area contributed by atoms with E-state index in [9.17, 15) is 4.79 Å². The number of rotatable bonds is 4. The molecule has 0 atom stereocenters. The number of tetrazole rings is 1. The van der Waals surface area contributed by atoms with E-state index in [1.807, 2.05) is 26.0 Å². The molecule has 1 heterocycles. The number of hydrogen-bond acceptors (Lipinski definition) is 4. The molecule has 94 valence electrons. The third-order valence-corrected chi connectivity index (χ3v) is 2.42. The van der Waals surface area contributed by atoms with Gasteiger partial charge in [-0.15, -0.1) is 5.10 Å². The van der Waals surface area contributed by atoms with E-state index in [-0.39, 0.29) is 11.9 Å². The molecule has 1 aromatic carbocycles. The van der Waals surface area contributed by atoms with E-state index in [0.29, 0.717) is 12.1 Å². The summed E-state index contributed by atoms with van der Waals surface area (Å²) in [6.45, 7) is 4.68. The van der Waals surface area contributed by atoms with Crippen molar-refractivity contribution in [2.75, 3.05) is 5.32 Å². The molecule has 1 N–H and O–H groups in total. The summed E-state index contributed by atoms with van der Waals surface area (Å²) >= 11 is 0. The summed E-state index contributed by atoms with van der Waals surface area (Å²) in [6.07, 6.45) is 0.918. The van der Waals surface area contributed by atoms with Crippen LogP contribution in [0.3, 0.4) is 0 Å². The van der Waals surface area contributed by atoms with Crippen LogP contribution in [0.5, 0.6) is 0 Å². The smallest absolute Gasteiger partial charge is 0.270 e. The summed E-state index contributed by atoms with van der Waals surface area (Å²) in [5.41, 5.74) is 1.69. The van der Waals surface area contributed by atoms with Gasteiger partial charge in [0.1, 0.15) is 0 Å². The molecule has 0 bridgehead atoms. The standard InChI is InChI=1S/C12H15N5O/c1-3-8-17-15-12(14-16-17)13-11(18)10-6-4-9(2)5-7-10/h4-7H,3,8H2,1-2H3,(H,13,15,18). The molecule has 2 rings (SSSR count). The van der Waals surface area contributed by atoms with Gasteiger partial charge in [0.2, 0.25) is 0 Å². The van der Waals surface area contributed by atoms with Crippen molar-refractivity contribution in [3.63, 3.8) is 0 Å². The summed E-state index contributed by atoms with van der Waals surface area (Å²) in [5, 5.41) is 14.3. The highest BCUT2D eigenvalue weighted by atomic mass is 16.1. The minimum atomic E-state index is -0.231. The van der Waals surface area contributed by atoms with E-state index in [0.717, 1.165) is 12.0 Å². The third kappa shape index (κ3) is 2.91. The van der Waals surface area contributed by atoms with Gasteiger partial charge in [0.05, 0.1) is 6.54 Å². The predicted octanol–water partition coefficient (Wildman–Crippen LogP) is 1.64. The normalized spacial score (nSPS) is 10.3. The van der Waals surface area contributed by atoms with Crippen LogP contribution in [-0.2, 0) is 6.54 Å². The number of hydrogen-bond donors (Lipinski definition) is 1. The zero-order valence-corrected chi connectivity index (χ0v) is 10.4. The predicted molar refractivity (Wildman–Crippen MR) is 67.2 cm³/mol. The Labute approximate surface area is 105 Å². The SMILES string of the molecule is CCCn1nnc(NC(=O)c2ccc(C)cc2)n1. The van der Waals surface area contributed by atoms with Gasteiger partial charge >= 0.3 is 0 Å². The molecule has 0 saturated carbocycles. The molecule has 0 spiro atoms. The van der Waals surface area contributed by atoms with Crippen molar-refractivity contribution in [3.05, 3.63) is 35.4 Å². The van der Waals surface area contributed by atoms with E-state index >= 15 is 0 Å². The topological polar surface area (TPSA) is 72.7 Å². The van der Waals surface area contributed by atoms with E-state index in [1.165, 1.54) is 4.80 Å². The number of carbonyl (C=O) groups excluding carboxylic acids is 1. The second-order valence-corrected chi connectivity index (χ2v) is 4.03. The maximum Gasteiger partial charge on any atom is 0.270 e. The lowest BCUT2D eigenvalue weighted by Gasteiger charge is -2.00. The number of nitrogens with zero attached hydrogens (tertiary/aromatic N) is 4. The lowest BCUT2D eigenvalue weighted by molar-refractivity contribution is 0.102. The van der Waals surface area contributed by atoms with Crippen molar-refractivity contribution in [1.29, 1.82) is 0 Å². The number of aryl methyl sites for hydroxylation is 2. The largest absolute Gasteiger partial charge is 0.288 e. The highest BCUT2D eigenvalue weighted by Gasteiger charge is 2.09. The van der Waals surface area contributed by atoms with Gasteiger partial charge in [-0.3, -0.25) is 10.1 Å². The minimum absolute atomic E-state index is 0.231. The zero-order valence-electron chi connectivity index (χ0n) is 10.4. The molecule has 0 unspecified atom stereocenters. The second-order valence-electron chi connectivity index (χ2n) is 4.03. The Hall–Kier alpha value is -2.24. The summed E-state index contributed by atoms with van der Waals surface area (Å²) < 4.78 is 0. The molecule has 2 aromatic rings. The molecule has 18 heavy (non-hydrogen) atoms. The first-order chi connectivity index (χ1) is 8.69. The number of aromatic nitrogens is 4.